The highest BCUT2D eigenvalue weighted by Gasteiger charge is 2.18. The highest BCUT2D eigenvalue weighted by atomic mass is 16.5. The lowest BCUT2D eigenvalue weighted by molar-refractivity contribution is -0.132. The lowest BCUT2D eigenvalue weighted by Crippen LogP contribution is -2.32. The molecule has 0 spiro atoms. The van der Waals surface area contributed by atoms with Gasteiger partial charge in [-0.1, -0.05) is 11.2 Å². The van der Waals surface area contributed by atoms with Gasteiger partial charge in [-0.2, -0.15) is 4.98 Å². The van der Waals surface area contributed by atoms with Crippen LogP contribution in [-0.4, -0.2) is 47.8 Å². The minimum Gasteiger partial charge on any atom is -0.497 e. The Hall–Kier alpha value is -3.35. The average molecular weight is 379 g/mol. The summed E-state index contributed by atoms with van der Waals surface area (Å²) >= 11 is 0. The number of likely N-dealkylation sites (tertiary alicyclic amines) is 1. The molecule has 28 heavy (non-hydrogen) atoms. The summed E-state index contributed by atoms with van der Waals surface area (Å²) in [5, 5.41) is 4.05. The Morgan fingerprint density at radius 2 is 1.86 bits per heavy atom. The van der Waals surface area contributed by atoms with Crippen LogP contribution < -0.4 is 9.47 Å². The molecule has 0 saturated carbocycles. The number of amides is 1. The van der Waals surface area contributed by atoms with Crippen LogP contribution >= 0.6 is 0 Å². The maximum Gasteiger partial charge on any atom is 0.260 e. The third kappa shape index (κ3) is 3.98. The molecule has 0 unspecified atom stereocenters. The summed E-state index contributed by atoms with van der Waals surface area (Å²) in [4.78, 5) is 18.4. The minimum atomic E-state index is 0.0162. The number of nitrogens with zero attached hydrogens (tertiary/aromatic N) is 3. The molecule has 7 heteroatoms. The van der Waals surface area contributed by atoms with Gasteiger partial charge >= 0.3 is 0 Å². The van der Waals surface area contributed by atoms with E-state index >= 15 is 0 Å². The predicted molar refractivity (Wildman–Crippen MR) is 103 cm³/mol. The Bertz CT molecular complexity index is 946. The maximum absolute atomic E-state index is 12.1. The van der Waals surface area contributed by atoms with E-state index in [0.29, 0.717) is 17.5 Å². The molecule has 2 aromatic carbocycles. The zero-order chi connectivity index (χ0) is 19.3. The van der Waals surface area contributed by atoms with Gasteiger partial charge < -0.3 is 18.9 Å². The smallest absolute Gasteiger partial charge is 0.260 e. The number of aromatic nitrogens is 2. The monoisotopic (exact) mass is 379 g/mol. The van der Waals surface area contributed by atoms with Crippen LogP contribution in [0.2, 0.25) is 0 Å². The van der Waals surface area contributed by atoms with Crippen LogP contribution in [0.4, 0.5) is 0 Å². The van der Waals surface area contributed by atoms with E-state index in [1.165, 1.54) is 0 Å². The first-order valence-corrected chi connectivity index (χ1v) is 9.22. The normalized spacial score (nSPS) is 13.5. The highest BCUT2D eigenvalue weighted by molar-refractivity contribution is 5.78. The third-order valence-electron chi connectivity index (χ3n) is 4.68. The van der Waals surface area contributed by atoms with E-state index in [-0.39, 0.29) is 12.5 Å². The van der Waals surface area contributed by atoms with Gasteiger partial charge in [0.25, 0.3) is 11.8 Å². The van der Waals surface area contributed by atoms with Gasteiger partial charge in [0.1, 0.15) is 11.5 Å². The Morgan fingerprint density at radius 1 is 1.07 bits per heavy atom. The summed E-state index contributed by atoms with van der Waals surface area (Å²) in [5.41, 5.74) is 1.57. The molecule has 1 aliphatic rings. The van der Waals surface area contributed by atoms with Crippen molar-refractivity contribution < 1.29 is 18.8 Å². The molecule has 7 nitrogen and oxygen atoms in total. The molecule has 1 amide bonds. The van der Waals surface area contributed by atoms with Crippen LogP contribution in [0.5, 0.6) is 11.5 Å². The Balaban J connectivity index is 1.45. The number of hydrogen-bond donors (Lipinski definition) is 0. The highest BCUT2D eigenvalue weighted by Crippen LogP contribution is 2.26. The second-order valence-electron chi connectivity index (χ2n) is 6.56. The predicted octanol–water partition coefficient (Wildman–Crippen LogP) is 3.41. The molecule has 2 heterocycles. The first-order chi connectivity index (χ1) is 13.7. The number of carbonyl (C=O) groups excluding carboxylic acids is 1. The summed E-state index contributed by atoms with van der Waals surface area (Å²) in [6.45, 7) is 1.67. The average Bonchev–Trinajstić information content (AvgIpc) is 3.45. The topological polar surface area (TPSA) is 77.7 Å². The number of rotatable bonds is 6. The fourth-order valence-corrected chi connectivity index (χ4v) is 3.12. The molecule has 0 bridgehead atoms. The zero-order valence-electron chi connectivity index (χ0n) is 15.6. The van der Waals surface area contributed by atoms with Crippen molar-refractivity contribution in [2.45, 2.75) is 12.8 Å². The van der Waals surface area contributed by atoms with Gasteiger partial charge in [0, 0.05) is 24.2 Å². The zero-order valence-corrected chi connectivity index (χ0v) is 15.6. The van der Waals surface area contributed by atoms with E-state index in [1.807, 2.05) is 47.4 Å². The van der Waals surface area contributed by atoms with Crippen LogP contribution in [-0.2, 0) is 4.79 Å². The summed E-state index contributed by atoms with van der Waals surface area (Å²) in [6, 6.07) is 14.7. The van der Waals surface area contributed by atoms with E-state index in [0.717, 1.165) is 42.8 Å². The van der Waals surface area contributed by atoms with Crippen molar-refractivity contribution >= 4 is 5.91 Å². The van der Waals surface area contributed by atoms with Crippen molar-refractivity contribution in [3.05, 3.63) is 48.5 Å². The van der Waals surface area contributed by atoms with Crippen molar-refractivity contribution in [3.63, 3.8) is 0 Å². The Morgan fingerprint density at radius 3 is 2.61 bits per heavy atom. The molecule has 1 saturated heterocycles. The van der Waals surface area contributed by atoms with Crippen LogP contribution in [0.15, 0.2) is 53.1 Å². The van der Waals surface area contributed by atoms with Crippen LogP contribution in [0.25, 0.3) is 22.8 Å². The molecular formula is C21H21N3O4. The molecule has 3 aromatic rings. The van der Waals surface area contributed by atoms with Gasteiger partial charge in [-0.3, -0.25) is 4.79 Å². The van der Waals surface area contributed by atoms with Gasteiger partial charge in [-0.25, -0.2) is 0 Å². The first-order valence-electron chi connectivity index (χ1n) is 9.22. The number of hydrogen-bond acceptors (Lipinski definition) is 6. The molecule has 4 rings (SSSR count). The molecule has 1 aliphatic heterocycles. The molecule has 0 N–H and O–H groups in total. The molecule has 1 aromatic heterocycles. The van der Waals surface area contributed by atoms with Crippen LogP contribution in [0.3, 0.4) is 0 Å². The summed E-state index contributed by atoms with van der Waals surface area (Å²) in [6.07, 6.45) is 2.13. The summed E-state index contributed by atoms with van der Waals surface area (Å²) < 4.78 is 16.2. The fraction of sp³-hybridized carbons (Fsp3) is 0.286. The summed E-state index contributed by atoms with van der Waals surface area (Å²) in [5.74, 6) is 2.26. The van der Waals surface area contributed by atoms with E-state index in [9.17, 15) is 4.79 Å². The van der Waals surface area contributed by atoms with Gasteiger partial charge in [0.2, 0.25) is 5.82 Å². The second kappa shape index (κ2) is 8.12. The number of carbonyl (C=O) groups is 1. The largest absolute Gasteiger partial charge is 0.497 e. The molecule has 0 radical (unpaired) electrons. The maximum atomic E-state index is 12.1. The van der Waals surface area contributed by atoms with Gasteiger partial charge in [0.15, 0.2) is 6.61 Å². The SMILES string of the molecule is COc1ccc(-c2noc(-c3cccc(OCC(=O)N4CCCC4)c3)n2)cc1. The van der Waals surface area contributed by atoms with Crippen LogP contribution in [0, 0.1) is 0 Å². The fourth-order valence-electron chi connectivity index (χ4n) is 3.12. The molecular weight excluding hydrogens is 358 g/mol. The first kappa shape index (κ1) is 18.0. The van der Waals surface area contributed by atoms with Gasteiger partial charge in [-0.15, -0.1) is 0 Å². The number of ether oxygens (including phenoxy) is 2. The van der Waals surface area contributed by atoms with Crippen molar-refractivity contribution in [2.75, 3.05) is 26.8 Å². The molecule has 1 fully saturated rings. The van der Waals surface area contributed by atoms with Crippen molar-refractivity contribution in [1.82, 2.24) is 15.0 Å². The van der Waals surface area contributed by atoms with Crippen molar-refractivity contribution in [3.8, 4) is 34.3 Å². The van der Waals surface area contributed by atoms with Crippen LogP contribution in [0.1, 0.15) is 12.8 Å². The lowest BCUT2D eigenvalue weighted by Gasteiger charge is -2.15. The van der Waals surface area contributed by atoms with Gasteiger partial charge in [-0.05, 0) is 55.3 Å². The van der Waals surface area contributed by atoms with E-state index < -0.39 is 0 Å². The quantitative estimate of drug-likeness (QED) is 0.653. The number of benzene rings is 2. The van der Waals surface area contributed by atoms with Crippen molar-refractivity contribution in [1.29, 1.82) is 0 Å². The molecule has 0 atom stereocenters. The summed E-state index contributed by atoms with van der Waals surface area (Å²) in [7, 11) is 1.62. The van der Waals surface area contributed by atoms with E-state index in [2.05, 4.69) is 10.1 Å². The Kier molecular flexibility index (Phi) is 5.23. The lowest BCUT2D eigenvalue weighted by atomic mass is 10.2. The standard InChI is InChI=1S/C21H21N3O4/c1-26-17-9-7-15(8-10-17)20-22-21(28-23-20)16-5-4-6-18(13-16)27-14-19(25)24-11-2-3-12-24/h4-10,13H,2-3,11-12,14H2,1H3. The van der Waals surface area contributed by atoms with Gasteiger partial charge in [0.05, 0.1) is 7.11 Å². The van der Waals surface area contributed by atoms with E-state index in [4.69, 9.17) is 14.0 Å². The minimum absolute atomic E-state index is 0.0162. The third-order valence-corrected chi connectivity index (χ3v) is 4.68. The Labute approximate surface area is 162 Å². The number of methoxy groups -OCH3 is 1. The van der Waals surface area contributed by atoms with Crippen molar-refractivity contribution in [2.24, 2.45) is 0 Å². The molecule has 0 aliphatic carbocycles. The molecule has 144 valence electrons. The second-order valence-corrected chi connectivity index (χ2v) is 6.56. The van der Waals surface area contributed by atoms with E-state index in [1.54, 1.807) is 13.2 Å².